The fourth-order valence-electron chi connectivity index (χ4n) is 1.96. The first-order chi connectivity index (χ1) is 7.68. The van der Waals surface area contributed by atoms with Crippen LogP contribution in [0, 0.1) is 0 Å². The van der Waals surface area contributed by atoms with Crippen molar-refractivity contribution in [2.24, 2.45) is 0 Å². The molecule has 0 aromatic heterocycles. The minimum absolute atomic E-state index is 0.169. The van der Waals surface area contributed by atoms with Crippen molar-refractivity contribution in [3.63, 3.8) is 0 Å². The van der Waals surface area contributed by atoms with Gasteiger partial charge in [-0.3, -0.25) is 0 Å². The van der Waals surface area contributed by atoms with Crippen LogP contribution in [0.4, 0.5) is 5.69 Å². The average molecular weight is 219 g/mol. The van der Waals surface area contributed by atoms with Crippen LogP contribution in [-0.2, 0) is 0 Å². The standard InChI is InChI=1S/C13H17NO2/c1-10(15)12-6-5-11(9-13(12)16)14-7-3-2-4-8-14/h2-3,5-6,9-10,15-16H,4,7-8H2,1H3. The molecular formula is C13H17NO2. The summed E-state index contributed by atoms with van der Waals surface area (Å²) in [5, 5.41) is 19.2. The molecular weight excluding hydrogens is 202 g/mol. The van der Waals surface area contributed by atoms with Crippen molar-refractivity contribution in [3.8, 4) is 5.75 Å². The van der Waals surface area contributed by atoms with Crippen molar-refractivity contribution < 1.29 is 10.2 Å². The number of rotatable bonds is 2. The van der Waals surface area contributed by atoms with Crippen LogP contribution < -0.4 is 4.90 Å². The van der Waals surface area contributed by atoms with Crippen LogP contribution in [0.2, 0.25) is 0 Å². The summed E-state index contributed by atoms with van der Waals surface area (Å²) >= 11 is 0. The third-order valence-electron chi connectivity index (χ3n) is 2.89. The maximum atomic E-state index is 9.79. The first-order valence-electron chi connectivity index (χ1n) is 5.59. The van der Waals surface area contributed by atoms with E-state index < -0.39 is 6.10 Å². The number of aromatic hydroxyl groups is 1. The zero-order chi connectivity index (χ0) is 11.5. The second-order valence-electron chi connectivity index (χ2n) is 4.13. The summed E-state index contributed by atoms with van der Waals surface area (Å²) in [6.07, 6.45) is 4.71. The third kappa shape index (κ3) is 2.19. The van der Waals surface area contributed by atoms with Crippen molar-refractivity contribution in [1.29, 1.82) is 0 Å². The molecule has 0 fully saturated rings. The lowest BCUT2D eigenvalue weighted by Gasteiger charge is -2.26. The Kier molecular flexibility index (Phi) is 3.15. The number of anilines is 1. The zero-order valence-corrected chi connectivity index (χ0v) is 9.43. The monoisotopic (exact) mass is 219 g/mol. The molecule has 0 spiro atoms. The molecule has 16 heavy (non-hydrogen) atoms. The molecule has 0 saturated heterocycles. The second kappa shape index (κ2) is 4.58. The molecule has 0 bridgehead atoms. The summed E-state index contributed by atoms with van der Waals surface area (Å²) in [7, 11) is 0. The van der Waals surface area contributed by atoms with Crippen molar-refractivity contribution in [2.45, 2.75) is 19.4 Å². The molecule has 2 N–H and O–H groups in total. The maximum Gasteiger partial charge on any atom is 0.123 e. The van der Waals surface area contributed by atoms with Gasteiger partial charge in [-0.15, -0.1) is 0 Å². The van der Waals surface area contributed by atoms with E-state index in [1.54, 1.807) is 19.1 Å². The number of aliphatic hydroxyl groups excluding tert-OH is 1. The molecule has 3 heteroatoms. The van der Waals surface area contributed by atoms with Gasteiger partial charge in [-0.2, -0.15) is 0 Å². The molecule has 1 heterocycles. The smallest absolute Gasteiger partial charge is 0.123 e. The molecule has 0 saturated carbocycles. The summed E-state index contributed by atoms with van der Waals surface area (Å²) < 4.78 is 0. The van der Waals surface area contributed by atoms with E-state index in [-0.39, 0.29) is 5.75 Å². The van der Waals surface area contributed by atoms with Gasteiger partial charge in [0.1, 0.15) is 5.75 Å². The molecule has 2 rings (SSSR count). The minimum atomic E-state index is -0.629. The highest BCUT2D eigenvalue weighted by Gasteiger charge is 2.12. The van der Waals surface area contributed by atoms with Crippen molar-refractivity contribution in [2.75, 3.05) is 18.0 Å². The lowest BCUT2D eigenvalue weighted by atomic mass is 10.1. The highest BCUT2D eigenvalue weighted by atomic mass is 16.3. The quantitative estimate of drug-likeness (QED) is 0.749. The number of hydrogen-bond donors (Lipinski definition) is 2. The van der Waals surface area contributed by atoms with Crippen molar-refractivity contribution >= 4 is 5.69 Å². The van der Waals surface area contributed by atoms with Gasteiger partial charge in [-0.25, -0.2) is 0 Å². The number of nitrogens with zero attached hydrogens (tertiary/aromatic N) is 1. The van der Waals surface area contributed by atoms with Crippen molar-refractivity contribution in [3.05, 3.63) is 35.9 Å². The van der Waals surface area contributed by atoms with E-state index in [1.165, 1.54) is 0 Å². The topological polar surface area (TPSA) is 43.7 Å². The predicted octanol–water partition coefficient (Wildman–Crippen LogP) is 2.21. The fraction of sp³-hybridized carbons (Fsp3) is 0.385. The average Bonchev–Trinajstić information content (AvgIpc) is 2.29. The van der Waals surface area contributed by atoms with Crippen LogP contribution in [0.5, 0.6) is 5.75 Å². The predicted molar refractivity (Wildman–Crippen MR) is 64.7 cm³/mol. The Bertz CT molecular complexity index is 399. The number of phenols is 1. The lowest BCUT2D eigenvalue weighted by Crippen LogP contribution is -2.26. The lowest BCUT2D eigenvalue weighted by molar-refractivity contribution is 0.195. The summed E-state index contributed by atoms with van der Waals surface area (Å²) in [5.41, 5.74) is 1.59. The van der Waals surface area contributed by atoms with Gasteiger partial charge in [-0.1, -0.05) is 18.2 Å². The molecule has 1 atom stereocenters. The van der Waals surface area contributed by atoms with Gasteiger partial charge in [-0.05, 0) is 19.4 Å². The third-order valence-corrected chi connectivity index (χ3v) is 2.89. The number of hydrogen-bond acceptors (Lipinski definition) is 3. The molecule has 1 unspecified atom stereocenters. The molecule has 0 amide bonds. The van der Waals surface area contributed by atoms with Crippen LogP contribution in [0.1, 0.15) is 25.0 Å². The summed E-state index contributed by atoms with van der Waals surface area (Å²) in [6.45, 7) is 3.51. The van der Waals surface area contributed by atoms with Crippen LogP contribution in [0.3, 0.4) is 0 Å². The molecule has 1 aliphatic heterocycles. The summed E-state index contributed by atoms with van der Waals surface area (Å²) in [6, 6.07) is 5.45. The van der Waals surface area contributed by atoms with Gasteiger partial charge in [0.05, 0.1) is 6.10 Å². The number of phenolic OH excluding ortho intramolecular Hbond substituents is 1. The number of benzene rings is 1. The minimum Gasteiger partial charge on any atom is -0.507 e. The second-order valence-corrected chi connectivity index (χ2v) is 4.13. The van der Waals surface area contributed by atoms with E-state index in [2.05, 4.69) is 17.1 Å². The van der Waals surface area contributed by atoms with E-state index in [9.17, 15) is 10.2 Å². The molecule has 0 aliphatic carbocycles. The van der Waals surface area contributed by atoms with Crippen LogP contribution in [-0.4, -0.2) is 23.3 Å². The van der Waals surface area contributed by atoms with Gasteiger partial charge in [0.2, 0.25) is 0 Å². The first-order valence-corrected chi connectivity index (χ1v) is 5.59. The fourth-order valence-corrected chi connectivity index (χ4v) is 1.96. The SMILES string of the molecule is CC(O)c1ccc(N2CC=CCC2)cc1O. The maximum absolute atomic E-state index is 9.79. The highest BCUT2D eigenvalue weighted by Crippen LogP contribution is 2.29. The normalized spacial score (nSPS) is 17.5. The highest BCUT2D eigenvalue weighted by molar-refractivity contribution is 5.54. The molecule has 1 aromatic carbocycles. The summed E-state index contributed by atoms with van der Waals surface area (Å²) in [5.74, 6) is 0.169. The Balaban J connectivity index is 2.23. The Hall–Kier alpha value is -1.48. The van der Waals surface area contributed by atoms with E-state index in [4.69, 9.17) is 0 Å². The van der Waals surface area contributed by atoms with E-state index in [0.717, 1.165) is 25.2 Å². The van der Waals surface area contributed by atoms with Crippen LogP contribution >= 0.6 is 0 Å². The van der Waals surface area contributed by atoms with Crippen molar-refractivity contribution in [1.82, 2.24) is 0 Å². The van der Waals surface area contributed by atoms with Gasteiger partial charge >= 0.3 is 0 Å². The summed E-state index contributed by atoms with van der Waals surface area (Å²) in [4.78, 5) is 2.20. The Morgan fingerprint density at radius 1 is 1.31 bits per heavy atom. The van der Waals surface area contributed by atoms with Crippen LogP contribution in [0.25, 0.3) is 0 Å². The van der Waals surface area contributed by atoms with Gasteiger partial charge < -0.3 is 15.1 Å². The first kappa shape index (κ1) is 11.0. The molecule has 1 aromatic rings. The zero-order valence-electron chi connectivity index (χ0n) is 9.43. The van der Waals surface area contributed by atoms with Gasteiger partial charge in [0, 0.05) is 30.4 Å². The Labute approximate surface area is 95.6 Å². The van der Waals surface area contributed by atoms with Crippen LogP contribution in [0.15, 0.2) is 30.4 Å². The largest absolute Gasteiger partial charge is 0.507 e. The Morgan fingerprint density at radius 3 is 2.69 bits per heavy atom. The molecule has 1 aliphatic rings. The molecule has 3 nitrogen and oxygen atoms in total. The van der Waals surface area contributed by atoms with Gasteiger partial charge in [0.15, 0.2) is 0 Å². The number of aliphatic hydroxyl groups is 1. The molecule has 86 valence electrons. The molecule has 0 radical (unpaired) electrons. The van der Waals surface area contributed by atoms with E-state index >= 15 is 0 Å². The van der Waals surface area contributed by atoms with E-state index in [1.807, 2.05) is 6.07 Å². The van der Waals surface area contributed by atoms with Gasteiger partial charge in [0.25, 0.3) is 0 Å². The Morgan fingerprint density at radius 2 is 2.12 bits per heavy atom. The van der Waals surface area contributed by atoms with E-state index in [0.29, 0.717) is 5.56 Å².